The molecule has 70 valence electrons. The maximum atomic E-state index is 5.86. The molecule has 0 unspecified atom stereocenters. The Kier molecular flexibility index (Phi) is 2.52. The summed E-state index contributed by atoms with van der Waals surface area (Å²) in [6, 6.07) is 5.95. The van der Waals surface area contributed by atoms with Crippen molar-refractivity contribution in [2.75, 3.05) is 18.0 Å². The van der Waals surface area contributed by atoms with Crippen molar-refractivity contribution in [3.63, 3.8) is 0 Å². The smallest absolute Gasteiger partial charge is 0.0511 e. The number of rotatable bonds is 1. The summed E-state index contributed by atoms with van der Waals surface area (Å²) < 4.78 is 1.09. The number of nitrogens with zero attached hydrogens (tertiary/aromatic N) is 1. The van der Waals surface area contributed by atoms with E-state index in [9.17, 15) is 0 Å². The zero-order chi connectivity index (χ0) is 9.42. The Morgan fingerprint density at radius 2 is 2.15 bits per heavy atom. The first kappa shape index (κ1) is 9.35. The minimum Gasteiger partial charge on any atom is -0.370 e. The van der Waals surface area contributed by atoms with Crippen molar-refractivity contribution in [2.45, 2.75) is 6.92 Å². The molecule has 1 aliphatic heterocycles. The van der Waals surface area contributed by atoms with E-state index in [1.807, 2.05) is 12.1 Å². The number of hydrogen-bond acceptors (Lipinski definition) is 1. The van der Waals surface area contributed by atoms with E-state index >= 15 is 0 Å². The number of benzene rings is 1. The Morgan fingerprint density at radius 3 is 2.69 bits per heavy atom. The molecule has 0 aromatic heterocycles. The highest BCUT2D eigenvalue weighted by atomic mass is 79.9. The molecule has 0 atom stereocenters. The van der Waals surface area contributed by atoms with E-state index in [0.29, 0.717) is 0 Å². The highest BCUT2D eigenvalue weighted by Gasteiger charge is 2.23. The first-order chi connectivity index (χ1) is 6.16. The van der Waals surface area contributed by atoms with Crippen LogP contribution in [-0.2, 0) is 0 Å². The monoisotopic (exact) mass is 259 g/mol. The van der Waals surface area contributed by atoms with Crippen LogP contribution in [0.1, 0.15) is 6.92 Å². The van der Waals surface area contributed by atoms with Crippen molar-refractivity contribution in [2.24, 2.45) is 5.92 Å². The third-order valence-corrected chi connectivity index (χ3v) is 3.18. The second kappa shape index (κ2) is 3.50. The van der Waals surface area contributed by atoms with Gasteiger partial charge in [-0.3, -0.25) is 0 Å². The molecule has 13 heavy (non-hydrogen) atoms. The van der Waals surface area contributed by atoms with Crippen LogP contribution in [0.3, 0.4) is 0 Å². The fourth-order valence-electron chi connectivity index (χ4n) is 1.63. The quantitative estimate of drug-likeness (QED) is 0.746. The largest absolute Gasteiger partial charge is 0.370 e. The first-order valence-electron chi connectivity index (χ1n) is 4.37. The third kappa shape index (κ3) is 1.84. The van der Waals surface area contributed by atoms with Gasteiger partial charge in [0.2, 0.25) is 0 Å². The molecule has 1 nitrogen and oxygen atoms in total. The number of anilines is 1. The molecular formula is C10H11BrClN. The number of hydrogen-bond donors (Lipinski definition) is 0. The van der Waals surface area contributed by atoms with Crippen molar-refractivity contribution >= 4 is 33.2 Å². The van der Waals surface area contributed by atoms with Crippen molar-refractivity contribution in [1.82, 2.24) is 0 Å². The molecule has 1 aromatic carbocycles. The van der Waals surface area contributed by atoms with Crippen LogP contribution < -0.4 is 4.90 Å². The predicted octanol–water partition coefficient (Wildman–Crippen LogP) is 3.56. The Hall–Kier alpha value is -0.210. The van der Waals surface area contributed by atoms with E-state index in [0.717, 1.165) is 28.5 Å². The zero-order valence-electron chi connectivity index (χ0n) is 7.43. The average Bonchev–Trinajstić information content (AvgIpc) is 2.00. The van der Waals surface area contributed by atoms with Gasteiger partial charge in [0.15, 0.2) is 0 Å². The molecule has 0 aliphatic carbocycles. The summed E-state index contributed by atoms with van der Waals surface area (Å²) >= 11 is 9.38. The lowest BCUT2D eigenvalue weighted by Gasteiger charge is -2.39. The summed E-state index contributed by atoms with van der Waals surface area (Å²) in [6.45, 7) is 4.57. The van der Waals surface area contributed by atoms with Crippen LogP contribution in [-0.4, -0.2) is 13.1 Å². The van der Waals surface area contributed by atoms with Crippen molar-refractivity contribution in [3.05, 3.63) is 27.7 Å². The fourth-order valence-corrected chi connectivity index (χ4v) is 2.57. The average molecular weight is 261 g/mol. The molecule has 1 saturated heterocycles. The summed E-state index contributed by atoms with van der Waals surface area (Å²) in [7, 11) is 0. The van der Waals surface area contributed by atoms with E-state index in [4.69, 9.17) is 11.6 Å². The Bertz CT molecular complexity index is 321. The van der Waals surface area contributed by atoms with Gasteiger partial charge in [0.1, 0.15) is 0 Å². The Balaban J connectivity index is 2.21. The minimum absolute atomic E-state index is 0.782. The number of halogens is 2. The van der Waals surface area contributed by atoms with Crippen molar-refractivity contribution in [1.29, 1.82) is 0 Å². The molecule has 0 N–H and O–H groups in total. The molecular weight excluding hydrogens is 249 g/mol. The third-order valence-electron chi connectivity index (χ3n) is 2.31. The lowest BCUT2D eigenvalue weighted by atomic mass is 10.0. The van der Waals surface area contributed by atoms with Gasteiger partial charge in [-0.25, -0.2) is 0 Å². The normalized spacial score (nSPS) is 17.3. The predicted molar refractivity (Wildman–Crippen MR) is 60.5 cm³/mol. The lowest BCUT2D eigenvalue weighted by Crippen LogP contribution is -2.45. The van der Waals surface area contributed by atoms with Gasteiger partial charge in [-0.2, -0.15) is 0 Å². The van der Waals surface area contributed by atoms with Gasteiger partial charge in [-0.05, 0) is 40.0 Å². The van der Waals surface area contributed by atoms with Gasteiger partial charge in [0.25, 0.3) is 0 Å². The van der Waals surface area contributed by atoms with Gasteiger partial charge in [0, 0.05) is 22.6 Å². The molecule has 0 bridgehead atoms. The molecule has 0 amide bonds. The Labute approximate surface area is 91.8 Å². The van der Waals surface area contributed by atoms with Gasteiger partial charge in [-0.15, -0.1) is 0 Å². The van der Waals surface area contributed by atoms with Gasteiger partial charge < -0.3 is 4.90 Å². The van der Waals surface area contributed by atoms with Crippen LogP contribution in [0.5, 0.6) is 0 Å². The summed E-state index contributed by atoms with van der Waals surface area (Å²) in [5, 5.41) is 0.782. The highest BCUT2D eigenvalue weighted by molar-refractivity contribution is 9.10. The van der Waals surface area contributed by atoms with Gasteiger partial charge in [-0.1, -0.05) is 18.5 Å². The van der Waals surface area contributed by atoms with Crippen LogP contribution in [0.15, 0.2) is 22.7 Å². The second-order valence-electron chi connectivity index (χ2n) is 3.61. The molecule has 1 heterocycles. The molecule has 1 fully saturated rings. The SMILES string of the molecule is CC1CN(c2ccc(Cl)cc2Br)C1. The van der Waals surface area contributed by atoms with Gasteiger partial charge >= 0.3 is 0 Å². The zero-order valence-corrected chi connectivity index (χ0v) is 9.77. The van der Waals surface area contributed by atoms with E-state index in [-0.39, 0.29) is 0 Å². The maximum absolute atomic E-state index is 5.86. The maximum Gasteiger partial charge on any atom is 0.0511 e. The molecule has 0 spiro atoms. The molecule has 2 rings (SSSR count). The Morgan fingerprint density at radius 1 is 1.46 bits per heavy atom. The topological polar surface area (TPSA) is 3.24 Å². The highest BCUT2D eigenvalue weighted by Crippen LogP contribution is 2.33. The van der Waals surface area contributed by atoms with Crippen LogP contribution in [0.4, 0.5) is 5.69 Å². The van der Waals surface area contributed by atoms with Crippen molar-refractivity contribution in [3.8, 4) is 0 Å². The summed E-state index contributed by atoms with van der Waals surface area (Å²) in [4.78, 5) is 2.35. The minimum atomic E-state index is 0.782. The van der Waals surface area contributed by atoms with Crippen molar-refractivity contribution < 1.29 is 0 Å². The van der Waals surface area contributed by atoms with E-state index < -0.39 is 0 Å². The summed E-state index contributed by atoms with van der Waals surface area (Å²) in [6.07, 6.45) is 0. The molecule has 0 radical (unpaired) electrons. The van der Waals surface area contributed by atoms with Crippen LogP contribution in [0.25, 0.3) is 0 Å². The van der Waals surface area contributed by atoms with Crippen LogP contribution in [0, 0.1) is 5.92 Å². The summed E-state index contributed by atoms with van der Waals surface area (Å²) in [5.41, 5.74) is 1.25. The first-order valence-corrected chi connectivity index (χ1v) is 5.54. The van der Waals surface area contributed by atoms with E-state index in [2.05, 4.69) is 33.8 Å². The molecule has 1 aromatic rings. The van der Waals surface area contributed by atoms with Gasteiger partial charge in [0.05, 0.1) is 5.69 Å². The molecule has 1 aliphatic rings. The van der Waals surface area contributed by atoms with Crippen LogP contribution >= 0.6 is 27.5 Å². The van der Waals surface area contributed by atoms with E-state index in [1.54, 1.807) is 0 Å². The molecule has 3 heteroatoms. The summed E-state index contributed by atoms with van der Waals surface area (Å²) in [5.74, 6) is 0.822. The fraction of sp³-hybridized carbons (Fsp3) is 0.400. The standard InChI is InChI=1S/C10H11BrClN/c1-7-5-13(6-7)10-3-2-8(12)4-9(10)11/h2-4,7H,5-6H2,1H3. The second-order valence-corrected chi connectivity index (χ2v) is 4.90. The molecule has 0 saturated carbocycles. The van der Waals surface area contributed by atoms with E-state index in [1.165, 1.54) is 5.69 Å². The van der Waals surface area contributed by atoms with Crippen LogP contribution in [0.2, 0.25) is 5.02 Å². The lowest BCUT2D eigenvalue weighted by molar-refractivity contribution is 0.447.